The monoisotopic (exact) mass is 1450 g/mol. The van der Waals surface area contributed by atoms with Crippen molar-refractivity contribution >= 4 is 12.4 Å². The predicted molar refractivity (Wildman–Crippen MR) is 336 cm³/mol. The second kappa shape index (κ2) is 35.0. The van der Waals surface area contributed by atoms with Gasteiger partial charge in [-0.05, 0) is 38.5 Å². The second-order valence-electron chi connectivity index (χ2n) is 26.9. The van der Waals surface area contributed by atoms with Gasteiger partial charge >= 0.3 is 0 Å². The largest absolute Gasteiger partial charge is 0.389 e. The highest BCUT2D eigenvalue weighted by atomic mass is 35.5. The molecular formula is C56H105ClN18O24. The molecule has 6 saturated heterocycles. The molecule has 2 aliphatic carbocycles. The fourth-order valence-electron chi connectivity index (χ4n) is 13.9. The molecule has 43 heteroatoms. The maximum Gasteiger partial charge on any atom is 0.187 e. The van der Waals surface area contributed by atoms with Crippen molar-refractivity contribution in [2.45, 2.75) is 297 Å². The van der Waals surface area contributed by atoms with Gasteiger partial charge in [0.25, 0.3) is 0 Å². The fraction of sp³-hybridized carbons (Fsp3) is 0.929. The number of rotatable bonds is 27. The summed E-state index contributed by atoms with van der Waals surface area (Å²) in [6, 6.07) is -9.02. The molecule has 0 spiro atoms. The fourth-order valence-corrected chi connectivity index (χ4v) is 13.9. The van der Waals surface area contributed by atoms with Crippen molar-refractivity contribution in [1.29, 1.82) is 0 Å². The number of hydrogen-bond donors (Lipinski definition) is 24. The van der Waals surface area contributed by atoms with Crippen LogP contribution in [0.4, 0.5) is 0 Å². The normalized spacial score (nSPS) is 47.5. The Balaban J connectivity index is 0.0000114. The number of nitrogens with zero attached hydrogens (tertiary/aromatic N) is 6. The van der Waals surface area contributed by atoms with E-state index in [1.165, 1.54) is 9.36 Å². The van der Waals surface area contributed by atoms with Gasteiger partial charge in [0.2, 0.25) is 0 Å². The smallest absolute Gasteiger partial charge is 0.187 e. The first kappa shape index (κ1) is 80.2. The number of halogens is 1. The molecule has 2 saturated carbocycles. The molecule has 99 heavy (non-hydrogen) atoms. The van der Waals surface area contributed by atoms with Crippen LogP contribution < -0.4 is 68.8 Å². The van der Waals surface area contributed by atoms with Gasteiger partial charge in [-0.15, -0.1) is 22.6 Å². The first-order chi connectivity index (χ1) is 46.7. The van der Waals surface area contributed by atoms with E-state index in [1.54, 1.807) is 12.4 Å². The van der Waals surface area contributed by atoms with Crippen molar-refractivity contribution in [3.8, 4) is 0 Å². The van der Waals surface area contributed by atoms with Crippen molar-refractivity contribution in [2.75, 3.05) is 26.2 Å². The van der Waals surface area contributed by atoms with Gasteiger partial charge in [0.15, 0.2) is 37.7 Å². The first-order valence-corrected chi connectivity index (χ1v) is 33.3. The molecule has 8 aliphatic rings. The van der Waals surface area contributed by atoms with Crippen LogP contribution in [0.5, 0.6) is 0 Å². The Hall–Kier alpha value is -2.87. The van der Waals surface area contributed by atoms with E-state index < -0.39 is 233 Å². The summed E-state index contributed by atoms with van der Waals surface area (Å²) in [5.41, 5.74) is 75.3. The van der Waals surface area contributed by atoms with Crippen LogP contribution >= 0.6 is 12.4 Å². The van der Waals surface area contributed by atoms with Crippen molar-refractivity contribution in [3.05, 3.63) is 23.8 Å². The van der Waals surface area contributed by atoms with Gasteiger partial charge in [-0.1, -0.05) is 23.3 Å². The van der Waals surface area contributed by atoms with Crippen LogP contribution in [0.1, 0.15) is 49.9 Å². The van der Waals surface area contributed by atoms with Crippen molar-refractivity contribution < 1.29 is 118 Å². The second-order valence-corrected chi connectivity index (χ2v) is 26.9. The van der Waals surface area contributed by atoms with E-state index >= 15 is 0 Å². The molecule has 570 valence electrons. The highest BCUT2D eigenvalue weighted by Gasteiger charge is 2.58. The van der Waals surface area contributed by atoms with E-state index in [2.05, 4.69) is 20.6 Å². The number of aliphatic hydroxyl groups excluding tert-OH is 12. The number of unbranched alkanes of at least 4 members (excludes halogenated alkanes) is 3. The Bertz CT molecular complexity index is 2600. The number of nitrogens with two attached hydrogens (primary N) is 12. The minimum atomic E-state index is -1.68. The maximum absolute atomic E-state index is 12.0. The Morgan fingerprint density at radius 3 is 0.899 bits per heavy atom. The molecule has 8 fully saturated rings. The van der Waals surface area contributed by atoms with Gasteiger partial charge in [-0.3, -0.25) is 0 Å². The summed E-state index contributed by atoms with van der Waals surface area (Å²) in [7, 11) is 0. The average molecular weight is 1450 g/mol. The zero-order valence-corrected chi connectivity index (χ0v) is 55.1. The quantitative estimate of drug-likeness (QED) is 0.0369. The lowest BCUT2D eigenvalue weighted by atomic mass is 9.84. The molecule has 6 aliphatic heterocycles. The van der Waals surface area contributed by atoms with Gasteiger partial charge in [0.05, 0.1) is 60.9 Å². The first-order valence-electron chi connectivity index (χ1n) is 33.3. The van der Waals surface area contributed by atoms with Gasteiger partial charge in [0.1, 0.15) is 134 Å². The zero-order valence-electron chi connectivity index (χ0n) is 54.3. The van der Waals surface area contributed by atoms with E-state index in [4.69, 9.17) is 126 Å². The van der Waals surface area contributed by atoms with E-state index in [-0.39, 0.29) is 64.5 Å². The third-order valence-corrected chi connectivity index (χ3v) is 19.9. The van der Waals surface area contributed by atoms with Crippen LogP contribution in [0.2, 0.25) is 0 Å². The van der Waals surface area contributed by atoms with Gasteiger partial charge in [0, 0.05) is 62.7 Å². The van der Waals surface area contributed by atoms with Gasteiger partial charge < -0.3 is 187 Å². The van der Waals surface area contributed by atoms with Crippen LogP contribution in [0.25, 0.3) is 0 Å². The molecule has 0 radical (unpaired) electrons. The van der Waals surface area contributed by atoms with Crippen LogP contribution in [0.3, 0.4) is 0 Å². The molecule has 8 heterocycles. The average Bonchev–Trinajstić information content (AvgIpc) is 1.75. The summed E-state index contributed by atoms with van der Waals surface area (Å²) < 4.78 is 76.6. The lowest BCUT2D eigenvalue weighted by Crippen LogP contribution is -2.68. The third kappa shape index (κ3) is 17.7. The van der Waals surface area contributed by atoms with E-state index in [0.29, 0.717) is 37.1 Å². The van der Waals surface area contributed by atoms with E-state index in [0.717, 1.165) is 12.8 Å². The number of aromatic nitrogens is 6. The summed E-state index contributed by atoms with van der Waals surface area (Å²) in [6.45, 7) is -1.09. The minimum absolute atomic E-state index is 0. The molecule has 2 aromatic rings. The maximum atomic E-state index is 12.0. The SMILES string of the molecule is Cl.NC[C@@H]1O[C@H](O[C@H]2[C@@H](O)[C@H](O[C@@H]3[C@@H](O)[C@H](N)C[C@H](N)[C@H]3O[C@H]3O[C@H](CN)[C@@H](O)[C@H](O)[C@H]3N)O[C@@H]2Cn2cc(CCCCCCc3cn(C[C@H]4O[C@@H](O[C@@H]5[C@@H](O)[C@H](N)C[C@H](N)[C@H]5O[C@H]5O[C@H](CN)[C@@H](O)[C@H](O)[C@H]5N)[C@H](O)[C@@H]4O[C@H]4O[C@@H](CN)[C@@H](O)[C@H](O)[C@H]4N)nn3)nn2)[C@H](N)[C@@H](O)[C@@H]1O. The number of ether oxygens (including phenoxy) is 12. The molecule has 2 aromatic heterocycles. The summed E-state index contributed by atoms with van der Waals surface area (Å²) >= 11 is 0. The molecule has 42 nitrogen and oxygen atoms in total. The van der Waals surface area contributed by atoms with Gasteiger partial charge in [-0.25, -0.2) is 9.36 Å². The molecule has 0 amide bonds. The summed E-state index contributed by atoms with van der Waals surface area (Å²) in [5.74, 6) is 0. The number of aryl methyl sites for hydroxylation is 2. The number of aliphatic hydroxyl groups is 12. The molecule has 0 unspecified atom stereocenters. The Morgan fingerprint density at radius 1 is 0.333 bits per heavy atom. The molecule has 38 atom stereocenters. The highest BCUT2D eigenvalue weighted by Crippen LogP contribution is 2.38. The van der Waals surface area contributed by atoms with Crippen molar-refractivity contribution in [2.24, 2.45) is 68.8 Å². The van der Waals surface area contributed by atoms with Crippen molar-refractivity contribution in [3.63, 3.8) is 0 Å². The lowest BCUT2D eigenvalue weighted by molar-refractivity contribution is -0.306. The van der Waals surface area contributed by atoms with E-state index in [1.807, 2.05) is 0 Å². The molecule has 0 aromatic carbocycles. The summed E-state index contributed by atoms with van der Waals surface area (Å²) in [6.07, 6.45) is -34.4. The topological polar surface area (TPSA) is 727 Å². The van der Waals surface area contributed by atoms with Crippen LogP contribution in [-0.2, 0) is 82.8 Å². The summed E-state index contributed by atoms with van der Waals surface area (Å²) in [4.78, 5) is 0. The summed E-state index contributed by atoms with van der Waals surface area (Å²) in [5, 5.41) is 150. The highest BCUT2D eigenvalue weighted by molar-refractivity contribution is 5.85. The standard InChI is InChI=1S/C56H104N18O24.ClH/c57-9-23-35(77)39(81)29(65)51(87-23)93-45-21(63)7-19(61)33(75)49(45)97-55-43(85)47(95-53-31(67)41(83)37(79)25(11-59)89-53)27(91-55)15-73-13-17(69-71-73)5-3-1-2-4-6-18-14-74(72-70-18)16-28-48(96-54-32(68)42(84)38(80)26(12-60)90-54)44(86)56(92-28)98-50-34(76)20(62)8-22(64)46(50)94-52-30(66)40(82)36(78)24(10-58)88-52;/h13-14,19-56,75-86H,1-12,15-16,57-68H2;1H/t19-,20-,21+,22+,23-,24-,25+,26+,27-,28-,29-,30-,31-,32-,33+,34+,35-,36-,37-,38-,39-,40-,41-,42-,43-,44-,45-,46-,47-,48-,49-,50-,51-,52-,53-,54-,55+,56+;/m1./s1. The molecule has 36 N–H and O–H groups in total. The predicted octanol–water partition coefficient (Wildman–Crippen LogP) is -15.1. The lowest BCUT2D eigenvalue weighted by Gasteiger charge is -2.47. The third-order valence-electron chi connectivity index (χ3n) is 19.9. The Kier molecular flexibility index (Phi) is 28.4. The minimum Gasteiger partial charge on any atom is -0.389 e. The molecule has 0 bridgehead atoms. The Labute approximate surface area is 574 Å². The molecule has 10 rings (SSSR count). The van der Waals surface area contributed by atoms with E-state index in [9.17, 15) is 61.3 Å². The number of hydrogen-bond acceptors (Lipinski definition) is 40. The zero-order chi connectivity index (χ0) is 70.9. The van der Waals surface area contributed by atoms with Crippen LogP contribution in [-0.4, -0.2) is 350 Å². The van der Waals surface area contributed by atoms with Crippen LogP contribution in [0.15, 0.2) is 12.4 Å². The molecular weight excluding hydrogens is 1340 g/mol. The van der Waals surface area contributed by atoms with Gasteiger partial charge in [-0.2, -0.15) is 0 Å². The Morgan fingerprint density at radius 2 is 0.606 bits per heavy atom. The van der Waals surface area contributed by atoms with Crippen molar-refractivity contribution in [1.82, 2.24) is 30.0 Å². The van der Waals surface area contributed by atoms with Crippen LogP contribution in [0, 0.1) is 0 Å².